The van der Waals surface area contributed by atoms with E-state index in [9.17, 15) is 9.18 Å². The maximum absolute atomic E-state index is 13.6. The Morgan fingerprint density at radius 1 is 1.41 bits per heavy atom. The van der Waals surface area contributed by atoms with Crippen LogP contribution in [0, 0.1) is 5.82 Å². The summed E-state index contributed by atoms with van der Waals surface area (Å²) in [4.78, 5) is 16.9. The molecule has 2 heterocycles. The Balaban J connectivity index is 2.26. The molecule has 0 fully saturated rings. The molecule has 1 aliphatic rings. The van der Waals surface area contributed by atoms with Crippen molar-refractivity contribution in [2.45, 2.75) is 6.42 Å². The first-order valence-electron chi connectivity index (χ1n) is 5.25. The zero-order valence-electron chi connectivity index (χ0n) is 8.87. The maximum Gasteiger partial charge on any atom is 0.345 e. The smallest absolute Gasteiger partial charge is 0.345 e. The first-order valence-corrected chi connectivity index (χ1v) is 5.25. The molecule has 0 unspecified atom stereocenters. The van der Waals surface area contributed by atoms with Gasteiger partial charge in [0.1, 0.15) is 5.75 Å². The number of aromatic nitrogens is 2. The predicted molar refractivity (Wildman–Crippen MR) is 59.5 cm³/mol. The number of fused-ring (bicyclic) bond motifs is 1. The Morgan fingerprint density at radius 3 is 3.18 bits per heavy atom. The Bertz CT molecular complexity index is 637. The number of ether oxygens (including phenoxy) is 1. The standard InChI is InChI=1S/C12H9FN2O2/c13-9-6-14-12(16)15-10(9)8-3-1-2-7-4-5-17-11(7)8/h1-3,6H,4-5H2,(H,14,15,16). The minimum atomic E-state index is -0.572. The Labute approximate surface area is 96.1 Å². The average molecular weight is 232 g/mol. The summed E-state index contributed by atoms with van der Waals surface area (Å²) >= 11 is 0. The molecule has 4 nitrogen and oxygen atoms in total. The SMILES string of the molecule is O=c1ncc(F)c(-c2cccc3c2OCC3)[nH]1. The lowest BCUT2D eigenvalue weighted by Crippen LogP contribution is -2.12. The second kappa shape index (κ2) is 3.69. The van der Waals surface area contributed by atoms with Crippen LogP contribution in [-0.2, 0) is 6.42 Å². The van der Waals surface area contributed by atoms with Gasteiger partial charge in [0.25, 0.3) is 0 Å². The maximum atomic E-state index is 13.6. The van der Waals surface area contributed by atoms with Crippen molar-refractivity contribution in [2.75, 3.05) is 6.61 Å². The van der Waals surface area contributed by atoms with Crippen molar-refractivity contribution in [1.29, 1.82) is 0 Å². The van der Waals surface area contributed by atoms with Crippen LogP contribution < -0.4 is 10.4 Å². The average Bonchev–Trinajstić information content (AvgIpc) is 2.80. The highest BCUT2D eigenvalue weighted by Gasteiger charge is 2.19. The van der Waals surface area contributed by atoms with E-state index in [2.05, 4.69) is 9.97 Å². The molecule has 1 aromatic carbocycles. The fourth-order valence-corrected chi connectivity index (χ4v) is 1.99. The number of rotatable bonds is 1. The van der Waals surface area contributed by atoms with E-state index >= 15 is 0 Å². The zero-order chi connectivity index (χ0) is 11.8. The molecule has 17 heavy (non-hydrogen) atoms. The number of hydrogen-bond acceptors (Lipinski definition) is 3. The van der Waals surface area contributed by atoms with Crippen molar-refractivity contribution in [1.82, 2.24) is 9.97 Å². The third kappa shape index (κ3) is 1.60. The quantitative estimate of drug-likeness (QED) is 0.810. The lowest BCUT2D eigenvalue weighted by molar-refractivity contribution is 0.357. The van der Waals surface area contributed by atoms with Crippen molar-refractivity contribution in [3.8, 4) is 17.0 Å². The van der Waals surface area contributed by atoms with Gasteiger partial charge < -0.3 is 9.72 Å². The summed E-state index contributed by atoms with van der Waals surface area (Å²) in [6.07, 6.45) is 1.72. The van der Waals surface area contributed by atoms with Gasteiger partial charge in [-0.05, 0) is 11.6 Å². The molecule has 5 heteroatoms. The van der Waals surface area contributed by atoms with Gasteiger partial charge in [-0.25, -0.2) is 9.18 Å². The van der Waals surface area contributed by atoms with Crippen LogP contribution in [0.3, 0.4) is 0 Å². The lowest BCUT2D eigenvalue weighted by Gasteiger charge is -2.07. The monoisotopic (exact) mass is 232 g/mol. The molecule has 0 spiro atoms. The molecular weight excluding hydrogens is 223 g/mol. The number of nitrogens with one attached hydrogen (secondary N) is 1. The lowest BCUT2D eigenvalue weighted by atomic mass is 10.1. The Hall–Kier alpha value is -2.17. The van der Waals surface area contributed by atoms with E-state index in [4.69, 9.17) is 4.74 Å². The highest BCUT2D eigenvalue weighted by atomic mass is 19.1. The molecule has 3 rings (SSSR count). The summed E-state index contributed by atoms with van der Waals surface area (Å²) in [5.41, 5.74) is 1.15. The largest absolute Gasteiger partial charge is 0.492 e. The molecule has 0 aliphatic carbocycles. The highest BCUT2D eigenvalue weighted by molar-refractivity contribution is 5.70. The van der Waals surface area contributed by atoms with Crippen LogP contribution in [-0.4, -0.2) is 16.6 Å². The molecule has 86 valence electrons. The predicted octanol–water partition coefficient (Wildman–Crippen LogP) is 1.51. The van der Waals surface area contributed by atoms with E-state index in [1.807, 2.05) is 12.1 Å². The summed E-state index contributed by atoms with van der Waals surface area (Å²) in [6.45, 7) is 0.587. The van der Waals surface area contributed by atoms with Gasteiger partial charge in [0.05, 0.1) is 18.5 Å². The van der Waals surface area contributed by atoms with E-state index in [-0.39, 0.29) is 5.69 Å². The minimum Gasteiger partial charge on any atom is -0.492 e. The van der Waals surface area contributed by atoms with Crippen LogP contribution in [0.1, 0.15) is 5.56 Å². The van der Waals surface area contributed by atoms with E-state index in [0.717, 1.165) is 18.2 Å². The summed E-state index contributed by atoms with van der Waals surface area (Å²) in [6, 6.07) is 5.47. The highest BCUT2D eigenvalue weighted by Crippen LogP contribution is 2.36. The number of halogens is 1. The van der Waals surface area contributed by atoms with Crippen molar-refractivity contribution in [3.05, 3.63) is 46.3 Å². The molecule has 1 aromatic heterocycles. The van der Waals surface area contributed by atoms with Crippen LogP contribution in [0.2, 0.25) is 0 Å². The van der Waals surface area contributed by atoms with Gasteiger partial charge >= 0.3 is 5.69 Å². The number of hydrogen-bond donors (Lipinski definition) is 1. The molecule has 1 N–H and O–H groups in total. The third-order valence-electron chi connectivity index (χ3n) is 2.75. The zero-order valence-corrected chi connectivity index (χ0v) is 8.87. The van der Waals surface area contributed by atoms with Crippen molar-refractivity contribution < 1.29 is 9.13 Å². The van der Waals surface area contributed by atoms with Crippen LogP contribution in [0.15, 0.2) is 29.2 Å². The summed E-state index contributed by atoms with van der Waals surface area (Å²) in [5, 5.41) is 0. The Morgan fingerprint density at radius 2 is 2.29 bits per heavy atom. The second-order valence-corrected chi connectivity index (χ2v) is 3.80. The van der Waals surface area contributed by atoms with Gasteiger partial charge in [-0.2, -0.15) is 4.98 Å². The third-order valence-corrected chi connectivity index (χ3v) is 2.75. The van der Waals surface area contributed by atoms with E-state index in [1.165, 1.54) is 0 Å². The topological polar surface area (TPSA) is 55.0 Å². The molecule has 0 atom stereocenters. The van der Waals surface area contributed by atoms with E-state index in [1.54, 1.807) is 6.07 Å². The van der Waals surface area contributed by atoms with Gasteiger partial charge in [0.15, 0.2) is 5.82 Å². The van der Waals surface area contributed by atoms with Gasteiger partial charge in [0, 0.05) is 12.0 Å². The van der Waals surface area contributed by atoms with Gasteiger partial charge in [-0.1, -0.05) is 12.1 Å². The molecule has 2 aromatic rings. The number of H-pyrrole nitrogens is 1. The molecule has 0 bridgehead atoms. The number of nitrogens with zero attached hydrogens (tertiary/aromatic N) is 1. The first kappa shape index (κ1) is 10.0. The minimum absolute atomic E-state index is 0.128. The van der Waals surface area contributed by atoms with E-state index in [0.29, 0.717) is 17.9 Å². The van der Waals surface area contributed by atoms with Gasteiger partial charge in [-0.3, -0.25) is 0 Å². The molecule has 1 aliphatic heterocycles. The van der Waals surface area contributed by atoms with Crippen molar-refractivity contribution in [3.63, 3.8) is 0 Å². The first-order chi connectivity index (χ1) is 8.25. The van der Waals surface area contributed by atoms with Crippen LogP contribution in [0.5, 0.6) is 5.75 Å². The Kier molecular flexibility index (Phi) is 2.18. The van der Waals surface area contributed by atoms with Crippen LogP contribution >= 0.6 is 0 Å². The molecular formula is C12H9FN2O2. The number of aromatic amines is 1. The van der Waals surface area contributed by atoms with Gasteiger partial charge in [0.2, 0.25) is 0 Å². The second-order valence-electron chi connectivity index (χ2n) is 3.80. The fraction of sp³-hybridized carbons (Fsp3) is 0.167. The summed E-state index contributed by atoms with van der Waals surface area (Å²) in [7, 11) is 0. The summed E-state index contributed by atoms with van der Waals surface area (Å²) < 4.78 is 19.1. The molecule has 0 saturated carbocycles. The molecule has 0 radical (unpaired) electrons. The molecule has 0 amide bonds. The van der Waals surface area contributed by atoms with Crippen molar-refractivity contribution in [2.24, 2.45) is 0 Å². The fourth-order valence-electron chi connectivity index (χ4n) is 1.99. The van der Waals surface area contributed by atoms with Crippen LogP contribution in [0.4, 0.5) is 4.39 Å². The van der Waals surface area contributed by atoms with Gasteiger partial charge in [-0.15, -0.1) is 0 Å². The van der Waals surface area contributed by atoms with E-state index < -0.39 is 11.5 Å². The normalized spacial score (nSPS) is 13.2. The number of para-hydroxylation sites is 1. The van der Waals surface area contributed by atoms with Crippen molar-refractivity contribution >= 4 is 0 Å². The summed E-state index contributed by atoms with van der Waals surface area (Å²) in [5.74, 6) is 0.0850. The molecule has 0 saturated heterocycles. The number of benzene rings is 1. The van der Waals surface area contributed by atoms with Crippen LogP contribution in [0.25, 0.3) is 11.3 Å².